The number of hydrogen-bond acceptors (Lipinski definition) is 3. The SMILES string of the molecule is CCSCCC(Nc1ccccc1Br)C(N)=O. The minimum absolute atomic E-state index is 0.308. The zero-order chi connectivity index (χ0) is 12.7. The Kier molecular flexibility index (Phi) is 6.44. The number of rotatable bonds is 7. The van der Waals surface area contributed by atoms with Gasteiger partial charge in [0.05, 0.1) is 0 Å². The maximum Gasteiger partial charge on any atom is 0.239 e. The number of primary amides is 1. The molecule has 1 atom stereocenters. The van der Waals surface area contributed by atoms with Gasteiger partial charge in [0.1, 0.15) is 6.04 Å². The summed E-state index contributed by atoms with van der Waals surface area (Å²) in [6.07, 6.45) is 0.745. The summed E-state index contributed by atoms with van der Waals surface area (Å²) in [5.74, 6) is 1.68. The van der Waals surface area contributed by atoms with Crippen molar-refractivity contribution in [3.8, 4) is 0 Å². The first-order chi connectivity index (χ1) is 8.15. The van der Waals surface area contributed by atoms with Gasteiger partial charge in [0.25, 0.3) is 0 Å². The van der Waals surface area contributed by atoms with Crippen LogP contribution >= 0.6 is 27.7 Å². The van der Waals surface area contributed by atoms with Crippen LogP contribution in [0, 0.1) is 0 Å². The first-order valence-electron chi connectivity index (χ1n) is 5.53. The topological polar surface area (TPSA) is 55.1 Å². The predicted molar refractivity (Wildman–Crippen MR) is 78.4 cm³/mol. The molecule has 0 saturated carbocycles. The molecular weight excluding hydrogens is 300 g/mol. The highest BCUT2D eigenvalue weighted by Crippen LogP contribution is 2.22. The number of para-hydroxylation sites is 1. The standard InChI is InChI=1S/C12H17BrN2OS/c1-2-17-8-7-11(12(14)16)15-10-6-4-3-5-9(10)13/h3-6,11,15H,2,7-8H2,1H3,(H2,14,16). The lowest BCUT2D eigenvalue weighted by Crippen LogP contribution is -2.36. The minimum atomic E-state index is -0.312. The van der Waals surface area contributed by atoms with Crippen molar-refractivity contribution in [3.63, 3.8) is 0 Å². The van der Waals surface area contributed by atoms with Crippen LogP contribution in [0.15, 0.2) is 28.7 Å². The number of halogens is 1. The summed E-state index contributed by atoms with van der Waals surface area (Å²) in [7, 11) is 0. The number of nitrogens with two attached hydrogens (primary N) is 1. The Hall–Kier alpha value is -0.680. The highest BCUT2D eigenvalue weighted by atomic mass is 79.9. The van der Waals surface area contributed by atoms with Gasteiger partial charge < -0.3 is 11.1 Å². The molecule has 0 aliphatic rings. The highest BCUT2D eigenvalue weighted by molar-refractivity contribution is 9.10. The number of carbonyl (C=O) groups excluding carboxylic acids is 1. The van der Waals surface area contributed by atoms with Gasteiger partial charge in [0.15, 0.2) is 0 Å². The van der Waals surface area contributed by atoms with E-state index in [0.717, 1.165) is 28.1 Å². The molecule has 1 unspecified atom stereocenters. The summed E-state index contributed by atoms with van der Waals surface area (Å²) in [4.78, 5) is 11.3. The highest BCUT2D eigenvalue weighted by Gasteiger charge is 2.15. The molecule has 1 amide bonds. The van der Waals surface area contributed by atoms with Gasteiger partial charge in [0.2, 0.25) is 5.91 Å². The molecule has 0 heterocycles. The molecule has 17 heavy (non-hydrogen) atoms. The lowest BCUT2D eigenvalue weighted by molar-refractivity contribution is -0.118. The minimum Gasteiger partial charge on any atom is -0.373 e. The van der Waals surface area contributed by atoms with E-state index in [-0.39, 0.29) is 11.9 Å². The first-order valence-corrected chi connectivity index (χ1v) is 7.48. The van der Waals surface area contributed by atoms with Crippen molar-refractivity contribution in [1.82, 2.24) is 0 Å². The second-order valence-corrected chi connectivity index (χ2v) is 5.81. The number of hydrogen-bond donors (Lipinski definition) is 2. The van der Waals surface area contributed by atoms with Crippen molar-refractivity contribution in [1.29, 1.82) is 0 Å². The van der Waals surface area contributed by atoms with Crippen molar-refractivity contribution < 1.29 is 4.79 Å². The smallest absolute Gasteiger partial charge is 0.239 e. The van der Waals surface area contributed by atoms with Crippen LogP contribution in [-0.2, 0) is 4.79 Å². The molecule has 0 saturated heterocycles. The molecule has 0 spiro atoms. The third-order valence-electron chi connectivity index (χ3n) is 2.30. The van der Waals surface area contributed by atoms with E-state index in [1.807, 2.05) is 36.0 Å². The Morgan fingerprint density at radius 2 is 2.24 bits per heavy atom. The van der Waals surface area contributed by atoms with Crippen LogP contribution in [0.25, 0.3) is 0 Å². The third-order valence-corrected chi connectivity index (χ3v) is 3.93. The summed E-state index contributed by atoms with van der Waals surface area (Å²) < 4.78 is 0.939. The summed E-state index contributed by atoms with van der Waals surface area (Å²) in [5, 5.41) is 3.17. The van der Waals surface area contributed by atoms with Gasteiger partial charge in [-0.1, -0.05) is 19.1 Å². The van der Waals surface area contributed by atoms with Crippen LogP contribution in [0.3, 0.4) is 0 Å². The molecule has 94 valence electrons. The van der Waals surface area contributed by atoms with E-state index >= 15 is 0 Å². The van der Waals surface area contributed by atoms with Crippen molar-refractivity contribution in [2.45, 2.75) is 19.4 Å². The van der Waals surface area contributed by atoms with Crippen LogP contribution in [-0.4, -0.2) is 23.5 Å². The summed E-state index contributed by atoms with van der Waals surface area (Å²) in [5.41, 5.74) is 6.29. The van der Waals surface area contributed by atoms with Crippen LogP contribution in [0.2, 0.25) is 0 Å². The second kappa shape index (κ2) is 7.61. The van der Waals surface area contributed by atoms with E-state index in [0.29, 0.717) is 0 Å². The molecule has 0 aliphatic carbocycles. The largest absolute Gasteiger partial charge is 0.373 e. The van der Waals surface area contributed by atoms with Crippen molar-refractivity contribution in [2.24, 2.45) is 5.73 Å². The van der Waals surface area contributed by atoms with Gasteiger partial charge in [-0.3, -0.25) is 4.79 Å². The molecule has 0 fully saturated rings. The van der Waals surface area contributed by atoms with Gasteiger partial charge in [0, 0.05) is 10.2 Å². The first kappa shape index (κ1) is 14.4. The van der Waals surface area contributed by atoms with Crippen molar-refractivity contribution >= 4 is 39.3 Å². The lowest BCUT2D eigenvalue weighted by Gasteiger charge is -2.17. The van der Waals surface area contributed by atoms with E-state index < -0.39 is 0 Å². The average Bonchev–Trinajstić information content (AvgIpc) is 2.30. The predicted octanol–water partition coefficient (Wildman–Crippen LogP) is 2.86. The molecular formula is C12H17BrN2OS. The van der Waals surface area contributed by atoms with Gasteiger partial charge in [-0.2, -0.15) is 11.8 Å². The number of thioether (sulfide) groups is 1. The number of anilines is 1. The molecule has 0 aromatic heterocycles. The summed E-state index contributed by atoms with van der Waals surface area (Å²) >= 11 is 5.25. The Labute approximate surface area is 115 Å². The number of carbonyl (C=O) groups is 1. The zero-order valence-electron chi connectivity index (χ0n) is 9.78. The summed E-state index contributed by atoms with van der Waals surface area (Å²) in [6, 6.07) is 7.40. The Balaban J connectivity index is 2.61. The Bertz CT molecular complexity index is 373. The van der Waals surface area contributed by atoms with E-state index in [1.165, 1.54) is 0 Å². The average molecular weight is 317 g/mol. The van der Waals surface area contributed by atoms with E-state index in [2.05, 4.69) is 28.2 Å². The molecule has 3 nitrogen and oxygen atoms in total. The third kappa shape index (κ3) is 5.00. The quantitative estimate of drug-likeness (QED) is 0.760. The molecule has 1 aromatic rings. The van der Waals surface area contributed by atoms with Gasteiger partial charge in [-0.15, -0.1) is 0 Å². The molecule has 1 aromatic carbocycles. The van der Waals surface area contributed by atoms with Crippen LogP contribution in [0.1, 0.15) is 13.3 Å². The van der Waals surface area contributed by atoms with Crippen molar-refractivity contribution in [3.05, 3.63) is 28.7 Å². The van der Waals surface area contributed by atoms with Crippen LogP contribution in [0.5, 0.6) is 0 Å². The lowest BCUT2D eigenvalue weighted by atomic mass is 10.2. The second-order valence-electron chi connectivity index (χ2n) is 3.56. The monoisotopic (exact) mass is 316 g/mol. The maximum absolute atomic E-state index is 11.3. The van der Waals surface area contributed by atoms with Gasteiger partial charge in [-0.05, 0) is 46.0 Å². The molecule has 5 heteroatoms. The van der Waals surface area contributed by atoms with E-state index in [9.17, 15) is 4.79 Å². The maximum atomic E-state index is 11.3. The van der Waals surface area contributed by atoms with E-state index in [1.54, 1.807) is 0 Å². The fraction of sp³-hybridized carbons (Fsp3) is 0.417. The molecule has 0 bridgehead atoms. The van der Waals surface area contributed by atoms with E-state index in [4.69, 9.17) is 5.73 Å². The number of nitrogens with one attached hydrogen (secondary N) is 1. The molecule has 0 radical (unpaired) electrons. The zero-order valence-corrected chi connectivity index (χ0v) is 12.2. The summed E-state index contributed by atoms with van der Waals surface area (Å²) in [6.45, 7) is 2.10. The van der Waals surface area contributed by atoms with Gasteiger partial charge in [-0.25, -0.2) is 0 Å². The normalized spacial score (nSPS) is 12.1. The Morgan fingerprint density at radius 1 is 1.53 bits per heavy atom. The number of benzene rings is 1. The molecule has 1 rings (SSSR count). The molecule has 0 aliphatic heterocycles. The fourth-order valence-corrected chi connectivity index (χ4v) is 2.49. The Morgan fingerprint density at radius 3 is 2.82 bits per heavy atom. The van der Waals surface area contributed by atoms with Crippen LogP contribution < -0.4 is 11.1 Å². The van der Waals surface area contributed by atoms with Crippen molar-refractivity contribution in [2.75, 3.05) is 16.8 Å². The van der Waals surface area contributed by atoms with Gasteiger partial charge >= 0.3 is 0 Å². The van der Waals surface area contributed by atoms with Crippen LogP contribution in [0.4, 0.5) is 5.69 Å². The fourth-order valence-electron chi connectivity index (χ4n) is 1.40. The molecule has 3 N–H and O–H groups in total. The number of amides is 1.